The van der Waals surface area contributed by atoms with E-state index in [2.05, 4.69) is 20.6 Å². The van der Waals surface area contributed by atoms with Gasteiger partial charge in [0.25, 0.3) is 5.91 Å². The molecule has 2 rings (SSSR count). The minimum absolute atomic E-state index is 0.00991. The molecule has 1 heterocycles. The summed E-state index contributed by atoms with van der Waals surface area (Å²) in [6, 6.07) is 11.6. The average molecular weight is 398 g/mol. The predicted molar refractivity (Wildman–Crippen MR) is 116 cm³/mol. The molecule has 29 heavy (non-hydrogen) atoms. The number of carbonyl (C=O) groups excluding carboxylic acids is 1. The number of benzene rings is 1. The summed E-state index contributed by atoms with van der Waals surface area (Å²) in [5.41, 5.74) is 2.84. The van der Waals surface area contributed by atoms with Gasteiger partial charge in [0.2, 0.25) is 5.88 Å². The molecule has 0 atom stereocenters. The molecule has 0 saturated heterocycles. The molecule has 7 nitrogen and oxygen atoms in total. The number of carbonyl (C=O) groups is 1. The molecule has 0 saturated carbocycles. The van der Waals surface area contributed by atoms with E-state index in [-0.39, 0.29) is 12.0 Å². The summed E-state index contributed by atoms with van der Waals surface area (Å²) in [5.74, 6) is 1.35. The van der Waals surface area contributed by atoms with Gasteiger partial charge in [0.1, 0.15) is 0 Å². The van der Waals surface area contributed by atoms with Crippen molar-refractivity contribution in [1.82, 2.24) is 20.5 Å². The van der Waals surface area contributed by atoms with Crippen LogP contribution in [-0.4, -0.2) is 55.5 Å². The van der Waals surface area contributed by atoms with Crippen LogP contribution >= 0.6 is 0 Å². The van der Waals surface area contributed by atoms with Gasteiger partial charge in [0, 0.05) is 52.1 Å². The van der Waals surface area contributed by atoms with Crippen LogP contribution in [0.4, 0.5) is 0 Å². The fraction of sp³-hybridized carbons (Fsp3) is 0.409. The molecular formula is C22H31N5O2. The molecule has 0 unspecified atom stereocenters. The van der Waals surface area contributed by atoms with Crippen molar-refractivity contribution in [3.8, 4) is 5.88 Å². The topological polar surface area (TPSA) is 78.9 Å². The number of aliphatic imine (C=N–C) groups is 1. The van der Waals surface area contributed by atoms with Crippen LogP contribution in [0.2, 0.25) is 0 Å². The lowest BCUT2D eigenvalue weighted by Gasteiger charge is -2.13. The van der Waals surface area contributed by atoms with Crippen LogP contribution in [0, 0.1) is 0 Å². The molecule has 0 fully saturated rings. The van der Waals surface area contributed by atoms with Crippen molar-refractivity contribution in [1.29, 1.82) is 0 Å². The molecule has 1 amide bonds. The summed E-state index contributed by atoms with van der Waals surface area (Å²) < 4.78 is 5.56. The highest BCUT2D eigenvalue weighted by Crippen LogP contribution is 2.10. The lowest BCUT2D eigenvalue weighted by molar-refractivity contribution is 0.0827. The number of guanidine groups is 1. The molecule has 0 aliphatic rings. The summed E-state index contributed by atoms with van der Waals surface area (Å²) in [6.07, 6.45) is 2.69. The zero-order chi connectivity index (χ0) is 21.2. The van der Waals surface area contributed by atoms with Crippen LogP contribution in [0.5, 0.6) is 5.88 Å². The smallest absolute Gasteiger partial charge is 0.253 e. The van der Waals surface area contributed by atoms with E-state index < -0.39 is 0 Å². The van der Waals surface area contributed by atoms with E-state index in [0.29, 0.717) is 30.5 Å². The Morgan fingerprint density at radius 3 is 2.59 bits per heavy atom. The number of nitrogens with one attached hydrogen (secondary N) is 2. The molecule has 156 valence electrons. The Balaban J connectivity index is 1.81. The van der Waals surface area contributed by atoms with Crippen LogP contribution in [0.15, 0.2) is 47.6 Å². The zero-order valence-corrected chi connectivity index (χ0v) is 17.9. The van der Waals surface area contributed by atoms with E-state index in [1.807, 2.05) is 50.2 Å². The lowest BCUT2D eigenvalue weighted by Crippen LogP contribution is -2.37. The molecule has 0 aliphatic heterocycles. The third-order valence-electron chi connectivity index (χ3n) is 4.12. The quantitative estimate of drug-likeness (QED) is 0.528. The largest absolute Gasteiger partial charge is 0.475 e. The SMILES string of the molecule is CN=C(NCCc1cccc(C(=O)N(C)C)c1)NCc1ccc(OC(C)C)nc1. The standard InChI is InChI=1S/C22H31N5O2/c1-16(2)29-20-10-9-18(14-25-20)15-26-22(23-3)24-12-11-17-7-6-8-19(13-17)21(28)27(4)5/h6-10,13-14,16H,11-12,15H2,1-5H3,(H2,23,24,26). The van der Waals surface area contributed by atoms with Gasteiger partial charge in [-0.1, -0.05) is 18.2 Å². The highest BCUT2D eigenvalue weighted by atomic mass is 16.5. The molecule has 0 bridgehead atoms. The summed E-state index contributed by atoms with van der Waals surface area (Å²) in [4.78, 5) is 22.2. The van der Waals surface area contributed by atoms with Crippen LogP contribution in [-0.2, 0) is 13.0 Å². The van der Waals surface area contributed by atoms with Crippen molar-refractivity contribution in [2.24, 2.45) is 4.99 Å². The summed E-state index contributed by atoms with van der Waals surface area (Å²) >= 11 is 0. The lowest BCUT2D eigenvalue weighted by atomic mass is 10.1. The molecule has 0 spiro atoms. The predicted octanol–water partition coefficient (Wildman–Crippen LogP) is 2.48. The van der Waals surface area contributed by atoms with Gasteiger partial charge < -0.3 is 20.3 Å². The number of nitrogens with zero attached hydrogens (tertiary/aromatic N) is 3. The van der Waals surface area contributed by atoms with Gasteiger partial charge in [-0.15, -0.1) is 0 Å². The Bertz CT molecular complexity index is 816. The first-order valence-electron chi connectivity index (χ1n) is 9.75. The Morgan fingerprint density at radius 1 is 1.17 bits per heavy atom. The Kier molecular flexibility index (Phi) is 8.45. The van der Waals surface area contributed by atoms with Gasteiger partial charge in [-0.05, 0) is 43.5 Å². The number of rotatable bonds is 8. The van der Waals surface area contributed by atoms with Crippen molar-refractivity contribution in [2.75, 3.05) is 27.7 Å². The van der Waals surface area contributed by atoms with Gasteiger partial charge in [0.05, 0.1) is 6.10 Å². The monoisotopic (exact) mass is 397 g/mol. The molecule has 2 N–H and O–H groups in total. The number of ether oxygens (including phenoxy) is 1. The van der Waals surface area contributed by atoms with Crippen molar-refractivity contribution >= 4 is 11.9 Å². The maximum absolute atomic E-state index is 12.1. The molecule has 1 aromatic heterocycles. The molecule has 0 radical (unpaired) electrons. The second-order valence-electron chi connectivity index (χ2n) is 7.17. The summed E-state index contributed by atoms with van der Waals surface area (Å²) in [5, 5.41) is 6.57. The minimum atomic E-state index is 0.00991. The Labute approximate surface area is 173 Å². The van der Waals surface area contributed by atoms with Gasteiger partial charge in [-0.3, -0.25) is 9.79 Å². The van der Waals surface area contributed by atoms with Crippen LogP contribution < -0.4 is 15.4 Å². The van der Waals surface area contributed by atoms with Gasteiger partial charge >= 0.3 is 0 Å². The van der Waals surface area contributed by atoms with Crippen molar-refractivity contribution in [2.45, 2.75) is 32.9 Å². The number of pyridine rings is 1. The maximum atomic E-state index is 12.1. The highest BCUT2D eigenvalue weighted by molar-refractivity contribution is 5.94. The van der Waals surface area contributed by atoms with Crippen LogP contribution in [0.3, 0.4) is 0 Å². The number of hydrogen-bond donors (Lipinski definition) is 2. The fourth-order valence-electron chi connectivity index (χ4n) is 2.68. The van der Waals surface area contributed by atoms with Crippen molar-refractivity contribution in [3.05, 3.63) is 59.3 Å². The first-order valence-corrected chi connectivity index (χ1v) is 9.75. The number of hydrogen-bond acceptors (Lipinski definition) is 4. The van der Waals surface area contributed by atoms with Gasteiger partial charge in [0.15, 0.2) is 5.96 Å². The molecule has 2 aromatic rings. The van der Waals surface area contributed by atoms with E-state index in [4.69, 9.17) is 4.74 Å². The van der Waals surface area contributed by atoms with Gasteiger partial charge in [-0.25, -0.2) is 4.98 Å². The average Bonchev–Trinajstić information content (AvgIpc) is 2.70. The minimum Gasteiger partial charge on any atom is -0.475 e. The third kappa shape index (κ3) is 7.44. The fourth-order valence-corrected chi connectivity index (χ4v) is 2.68. The van der Waals surface area contributed by atoms with E-state index in [0.717, 1.165) is 17.5 Å². The van der Waals surface area contributed by atoms with E-state index in [1.54, 1.807) is 32.2 Å². The molecule has 1 aromatic carbocycles. The van der Waals surface area contributed by atoms with E-state index >= 15 is 0 Å². The maximum Gasteiger partial charge on any atom is 0.253 e. The van der Waals surface area contributed by atoms with Crippen LogP contribution in [0.1, 0.15) is 35.3 Å². The Morgan fingerprint density at radius 2 is 1.97 bits per heavy atom. The zero-order valence-electron chi connectivity index (χ0n) is 17.9. The van der Waals surface area contributed by atoms with Gasteiger partial charge in [-0.2, -0.15) is 0 Å². The summed E-state index contributed by atoms with van der Waals surface area (Å²) in [6.45, 7) is 5.27. The molecule has 7 heteroatoms. The Hall–Kier alpha value is -3.09. The van der Waals surface area contributed by atoms with E-state index in [9.17, 15) is 4.79 Å². The molecular weight excluding hydrogens is 366 g/mol. The second-order valence-corrected chi connectivity index (χ2v) is 7.17. The second kappa shape index (κ2) is 11.0. The first kappa shape index (κ1) is 22.2. The van der Waals surface area contributed by atoms with Crippen molar-refractivity contribution in [3.63, 3.8) is 0 Å². The summed E-state index contributed by atoms with van der Waals surface area (Å²) in [7, 11) is 5.25. The van der Waals surface area contributed by atoms with Crippen molar-refractivity contribution < 1.29 is 9.53 Å². The third-order valence-corrected chi connectivity index (χ3v) is 4.12. The highest BCUT2D eigenvalue weighted by Gasteiger charge is 2.08. The first-order chi connectivity index (χ1) is 13.9. The van der Waals surface area contributed by atoms with Crippen LogP contribution in [0.25, 0.3) is 0 Å². The number of amides is 1. The van der Waals surface area contributed by atoms with E-state index in [1.165, 1.54) is 0 Å². The number of aromatic nitrogens is 1. The normalized spacial score (nSPS) is 11.3. The molecule has 0 aliphatic carbocycles.